The van der Waals surface area contributed by atoms with Gasteiger partial charge in [-0.2, -0.15) is 13.2 Å². The molecule has 0 bridgehead atoms. The summed E-state index contributed by atoms with van der Waals surface area (Å²) in [6, 6.07) is 2.25. The van der Waals surface area contributed by atoms with Crippen LogP contribution >= 0.6 is 0 Å². The third-order valence-corrected chi connectivity index (χ3v) is 9.88. The van der Waals surface area contributed by atoms with Crippen LogP contribution in [0, 0.1) is 5.92 Å². The van der Waals surface area contributed by atoms with Crippen molar-refractivity contribution in [3.05, 3.63) is 35.4 Å². The molecule has 0 amide bonds. The summed E-state index contributed by atoms with van der Waals surface area (Å²) in [4.78, 5) is 0.802. The first-order chi connectivity index (χ1) is 16.5. The van der Waals surface area contributed by atoms with Gasteiger partial charge in [0.1, 0.15) is 5.25 Å². The van der Waals surface area contributed by atoms with Gasteiger partial charge in [-0.1, -0.05) is 25.3 Å². The van der Waals surface area contributed by atoms with Gasteiger partial charge in [0.25, 0.3) is 0 Å². The summed E-state index contributed by atoms with van der Waals surface area (Å²) in [6.45, 7) is 4.20. The molecule has 1 fully saturated rings. The van der Waals surface area contributed by atoms with E-state index < -0.39 is 60.1 Å². The summed E-state index contributed by atoms with van der Waals surface area (Å²) in [5, 5.41) is 13.7. The van der Waals surface area contributed by atoms with Crippen molar-refractivity contribution >= 4 is 25.7 Å². The normalized spacial score (nSPS) is 22.7. The summed E-state index contributed by atoms with van der Waals surface area (Å²) in [7, 11) is -8.67. The molecule has 8 nitrogen and oxygen atoms in total. The van der Waals surface area contributed by atoms with Gasteiger partial charge in [-0.3, -0.25) is 0 Å². The van der Waals surface area contributed by atoms with Gasteiger partial charge in [0.2, 0.25) is 20.0 Å². The average Bonchev–Trinajstić information content (AvgIpc) is 3.09. The summed E-state index contributed by atoms with van der Waals surface area (Å²) in [6.07, 6.45) is 1.41. The summed E-state index contributed by atoms with van der Waals surface area (Å²) < 4.78 is 94.5. The molecule has 0 aromatic heterocycles. The molecule has 0 spiro atoms. The van der Waals surface area contributed by atoms with Crippen LogP contribution in [0.1, 0.15) is 64.0 Å². The number of aliphatic hydroxyl groups excluding tert-OH is 1. The van der Waals surface area contributed by atoms with E-state index in [0.717, 1.165) is 44.2 Å². The van der Waals surface area contributed by atoms with Crippen LogP contribution in [0.15, 0.2) is 29.2 Å². The molecule has 1 aliphatic heterocycles. The molecule has 1 aromatic carbocycles. The highest BCUT2D eigenvalue weighted by atomic mass is 32.2. The number of nitrogens with two attached hydrogens (primary N) is 1. The van der Waals surface area contributed by atoms with E-state index in [1.54, 1.807) is 11.8 Å². The zero-order chi connectivity index (χ0) is 27.1. The summed E-state index contributed by atoms with van der Waals surface area (Å²) in [5.74, 6) is 0.260. The number of rotatable bonds is 8. The number of alkyl halides is 3. The molecule has 2 atom stereocenters. The van der Waals surface area contributed by atoms with E-state index in [1.807, 2.05) is 0 Å². The van der Waals surface area contributed by atoms with E-state index in [1.165, 1.54) is 26.0 Å². The number of primary sulfonamides is 1. The van der Waals surface area contributed by atoms with Gasteiger partial charge in [-0.25, -0.2) is 26.7 Å². The minimum absolute atomic E-state index is 0.0523. The number of hydrogen-bond donors (Lipinski definition) is 3. The first-order valence-corrected chi connectivity index (χ1v) is 14.9. The van der Waals surface area contributed by atoms with Crippen LogP contribution in [0.3, 0.4) is 0 Å². The number of benzene rings is 1. The zero-order valence-electron chi connectivity index (χ0n) is 20.5. The Morgan fingerprint density at radius 3 is 2.25 bits per heavy atom. The van der Waals surface area contributed by atoms with Gasteiger partial charge in [-0.05, 0) is 63.3 Å². The molecule has 13 heteroatoms. The van der Waals surface area contributed by atoms with E-state index >= 15 is 0 Å². The Hall–Kier alpha value is -1.67. The quantitative estimate of drug-likeness (QED) is 0.454. The monoisotopic (exact) mass is 553 g/mol. The van der Waals surface area contributed by atoms with Gasteiger partial charge in [-0.15, -0.1) is 0 Å². The predicted octanol–water partition coefficient (Wildman–Crippen LogP) is 3.04. The van der Waals surface area contributed by atoms with Crippen LogP contribution in [0.2, 0.25) is 0 Å². The van der Waals surface area contributed by atoms with Crippen molar-refractivity contribution in [2.45, 2.75) is 80.8 Å². The Balaban J connectivity index is 2.10. The van der Waals surface area contributed by atoms with Crippen molar-refractivity contribution in [2.24, 2.45) is 11.1 Å². The van der Waals surface area contributed by atoms with Crippen molar-refractivity contribution in [3.8, 4) is 0 Å². The molecule has 1 saturated carbocycles. The van der Waals surface area contributed by atoms with Crippen molar-refractivity contribution < 1.29 is 35.1 Å². The largest absolute Gasteiger partial charge is 0.417 e. The molecule has 0 radical (unpaired) electrons. The fraction of sp³-hybridized carbons (Fsp3) is 0.652. The third-order valence-electron chi connectivity index (χ3n) is 6.83. The van der Waals surface area contributed by atoms with Gasteiger partial charge in [0.15, 0.2) is 0 Å². The van der Waals surface area contributed by atoms with Gasteiger partial charge in [0.05, 0.1) is 22.6 Å². The average molecular weight is 554 g/mol. The van der Waals surface area contributed by atoms with E-state index in [9.17, 15) is 35.1 Å². The fourth-order valence-corrected chi connectivity index (χ4v) is 7.56. The smallest absolute Gasteiger partial charge is 0.394 e. The van der Waals surface area contributed by atoms with Crippen LogP contribution in [0.4, 0.5) is 13.2 Å². The molecule has 204 valence electrons. The first kappa shape index (κ1) is 28.9. The molecule has 2 aliphatic rings. The maximum Gasteiger partial charge on any atom is 0.417 e. The molecule has 1 aromatic rings. The Labute approximate surface area is 210 Å². The van der Waals surface area contributed by atoms with Gasteiger partial charge < -0.3 is 10.0 Å². The number of nitrogens with zero attached hydrogens (tertiary/aromatic N) is 1. The number of halogens is 3. The Morgan fingerprint density at radius 2 is 1.72 bits per heavy atom. The van der Waals surface area contributed by atoms with Crippen LogP contribution < -0.4 is 9.86 Å². The maximum absolute atomic E-state index is 14.1. The number of hydrogen-bond acceptors (Lipinski definition) is 6. The fourth-order valence-electron chi connectivity index (χ4n) is 4.93. The van der Waals surface area contributed by atoms with Crippen molar-refractivity contribution in [3.63, 3.8) is 0 Å². The first-order valence-electron chi connectivity index (χ1n) is 11.8. The van der Waals surface area contributed by atoms with Crippen LogP contribution in [-0.4, -0.2) is 56.8 Å². The lowest BCUT2D eigenvalue weighted by atomic mass is 9.88. The summed E-state index contributed by atoms with van der Waals surface area (Å²) in [5.41, 5.74) is -2.43. The highest BCUT2D eigenvalue weighted by Crippen LogP contribution is 2.40. The van der Waals surface area contributed by atoms with Gasteiger partial charge >= 0.3 is 6.18 Å². The van der Waals surface area contributed by atoms with E-state index in [2.05, 4.69) is 4.72 Å². The topological polar surface area (TPSA) is 130 Å². The van der Waals surface area contributed by atoms with Crippen LogP contribution in [0.5, 0.6) is 0 Å². The molecule has 2 unspecified atom stereocenters. The lowest BCUT2D eigenvalue weighted by molar-refractivity contribution is -0.139. The molecule has 4 N–H and O–H groups in total. The van der Waals surface area contributed by atoms with Crippen molar-refractivity contribution in [2.75, 3.05) is 13.2 Å². The second kappa shape index (κ2) is 10.2. The molecular weight excluding hydrogens is 519 g/mol. The van der Waals surface area contributed by atoms with Crippen molar-refractivity contribution in [1.29, 1.82) is 0 Å². The SMILES string of the molecule is CC1C(S(N)(=O)=O)C=C(c2ccc(S(=O)(=O)NC(C)(C)CO)c(C(F)(F)F)c2)N1CC1CCCCC1. The highest BCUT2D eigenvalue weighted by molar-refractivity contribution is 7.90. The Morgan fingerprint density at radius 1 is 1.11 bits per heavy atom. The lowest BCUT2D eigenvalue weighted by Gasteiger charge is -2.34. The molecule has 1 heterocycles. The lowest BCUT2D eigenvalue weighted by Crippen LogP contribution is -2.46. The molecule has 3 rings (SSSR count). The maximum atomic E-state index is 14.1. The number of sulfonamides is 2. The minimum atomic E-state index is -5.01. The molecule has 36 heavy (non-hydrogen) atoms. The Bertz CT molecular complexity index is 1210. The van der Waals surface area contributed by atoms with E-state index in [-0.39, 0.29) is 17.2 Å². The second-order valence-electron chi connectivity index (χ2n) is 10.4. The molecular formula is C23H34F3N3O5S2. The van der Waals surface area contributed by atoms with E-state index in [4.69, 9.17) is 5.14 Å². The predicted molar refractivity (Wildman–Crippen MR) is 131 cm³/mol. The zero-order valence-corrected chi connectivity index (χ0v) is 22.2. The standard InChI is InChI=1S/C23H34F3N3O5S2/c1-15-21(35(27,31)32)12-19(29(15)13-16-7-5-4-6-8-16)17-9-10-20(18(11-17)23(24,25)26)36(33,34)28-22(2,3)14-30/h9-12,15-16,21,28,30H,4-8,13-14H2,1-3H3,(H2,27,31,32). The highest BCUT2D eigenvalue weighted by Gasteiger charge is 2.42. The Kier molecular flexibility index (Phi) is 8.22. The second-order valence-corrected chi connectivity index (χ2v) is 13.7. The minimum Gasteiger partial charge on any atom is -0.394 e. The number of aliphatic hydroxyl groups is 1. The number of nitrogens with one attached hydrogen (secondary N) is 1. The third kappa shape index (κ3) is 6.42. The summed E-state index contributed by atoms with van der Waals surface area (Å²) >= 11 is 0. The molecule has 0 saturated heterocycles. The van der Waals surface area contributed by atoms with Crippen LogP contribution in [0.25, 0.3) is 5.70 Å². The van der Waals surface area contributed by atoms with Crippen LogP contribution in [-0.2, 0) is 26.2 Å². The molecule has 1 aliphatic carbocycles. The van der Waals surface area contributed by atoms with E-state index in [0.29, 0.717) is 6.54 Å². The van der Waals surface area contributed by atoms with Gasteiger partial charge in [0, 0.05) is 18.3 Å². The van der Waals surface area contributed by atoms with Crippen molar-refractivity contribution in [1.82, 2.24) is 9.62 Å².